The summed E-state index contributed by atoms with van der Waals surface area (Å²) in [6.45, 7) is 3.06. The number of carbonyl (C=O) groups excluding carboxylic acids is 2. The molecule has 1 fully saturated rings. The van der Waals surface area contributed by atoms with Gasteiger partial charge in [-0.15, -0.1) is 0 Å². The molecule has 1 amide bonds. The van der Waals surface area contributed by atoms with Gasteiger partial charge >= 0.3 is 5.97 Å². The van der Waals surface area contributed by atoms with Crippen LogP contribution in [0.2, 0.25) is 0 Å². The van der Waals surface area contributed by atoms with Crippen molar-refractivity contribution >= 4 is 33.5 Å². The molecule has 0 unspecified atom stereocenters. The summed E-state index contributed by atoms with van der Waals surface area (Å²) < 4.78 is 5.33. The van der Waals surface area contributed by atoms with Gasteiger partial charge in [0.1, 0.15) is 0 Å². The molecule has 3 rings (SSSR count). The third kappa shape index (κ3) is 5.61. The molecule has 0 atom stereocenters. The van der Waals surface area contributed by atoms with Crippen molar-refractivity contribution in [2.45, 2.75) is 6.54 Å². The van der Waals surface area contributed by atoms with E-state index in [2.05, 4.69) is 33.0 Å². The van der Waals surface area contributed by atoms with Gasteiger partial charge in [0.05, 0.1) is 15.0 Å². The maximum atomic E-state index is 12.3. The Bertz CT molecular complexity index is 898. The fraction of sp³-hybridized carbons (Fsp3) is 0.300. The Hall–Kier alpha value is -2.78. The van der Waals surface area contributed by atoms with E-state index in [1.165, 1.54) is 17.7 Å². The van der Waals surface area contributed by atoms with Crippen LogP contribution >= 0.6 is 15.9 Å². The molecular weight excluding hydrogens is 442 g/mol. The maximum Gasteiger partial charge on any atom is 0.338 e. The average Bonchev–Trinajstić information content (AvgIpc) is 2.73. The Balaban J connectivity index is 1.47. The number of amides is 1. The van der Waals surface area contributed by atoms with E-state index in [9.17, 15) is 19.7 Å². The minimum absolute atomic E-state index is 0.0281. The first kappa shape index (κ1) is 20.9. The Morgan fingerprint density at radius 2 is 1.76 bits per heavy atom. The van der Waals surface area contributed by atoms with Crippen LogP contribution in [-0.4, -0.2) is 59.4 Å². The van der Waals surface area contributed by atoms with Crippen molar-refractivity contribution in [2.75, 3.05) is 32.8 Å². The molecule has 0 aromatic heterocycles. The summed E-state index contributed by atoms with van der Waals surface area (Å²) >= 11 is 3.06. The van der Waals surface area contributed by atoms with Crippen LogP contribution in [0.1, 0.15) is 15.9 Å². The average molecular weight is 462 g/mol. The van der Waals surface area contributed by atoms with Gasteiger partial charge in [0.2, 0.25) is 0 Å². The Morgan fingerprint density at radius 3 is 2.41 bits per heavy atom. The second-order valence-electron chi connectivity index (χ2n) is 6.64. The zero-order chi connectivity index (χ0) is 20.8. The lowest BCUT2D eigenvalue weighted by Crippen LogP contribution is -2.49. The van der Waals surface area contributed by atoms with Crippen LogP contribution in [0.15, 0.2) is 53.0 Å². The van der Waals surface area contributed by atoms with Crippen LogP contribution in [0.5, 0.6) is 0 Å². The standard InChI is InChI=1S/C20H20BrN3O5/c21-17-7-6-16(12-18(17)24(27)28)20(26)29-14-19(25)23-10-8-22(9-11-23)13-15-4-2-1-3-5-15/h1-7,12H,8-11,13-14H2. The molecule has 152 valence electrons. The van der Waals surface area contributed by atoms with Gasteiger partial charge in [-0.05, 0) is 33.6 Å². The molecule has 29 heavy (non-hydrogen) atoms. The summed E-state index contributed by atoms with van der Waals surface area (Å²) in [5.41, 5.74) is 1.02. The van der Waals surface area contributed by atoms with Crippen molar-refractivity contribution in [1.29, 1.82) is 0 Å². The van der Waals surface area contributed by atoms with E-state index in [1.54, 1.807) is 4.90 Å². The molecule has 9 heteroatoms. The molecule has 8 nitrogen and oxygen atoms in total. The molecule has 1 aliphatic rings. The highest BCUT2D eigenvalue weighted by Gasteiger charge is 2.23. The summed E-state index contributed by atoms with van der Waals surface area (Å²) in [7, 11) is 0. The van der Waals surface area contributed by atoms with Crippen molar-refractivity contribution in [3.63, 3.8) is 0 Å². The summed E-state index contributed by atoms with van der Waals surface area (Å²) in [5.74, 6) is -1.04. The SMILES string of the molecule is O=C(OCC(=O)N1CCN(Cc2ccccc2)CC1)c1ccc(Br)c([N+](=O)[O-])c1. The molecule has 2 aromatic rings. The second kappa shape index (κ2) is 9.62. The molecule has 0 N–H and O–H groups in total. The fourth-order valence-corrected chi connectivity index (χ4v) is 3.47. The number of benzene rings is 2. The third-order valence-corrected chi connectivity index (χ3v) is 5.35. The molecule has 1 saturated heterocycles. The number of esters is 1. The summed E-state index contributed by atoms with van der Waals surface area (Å²) in [4.78, 5) is 38.8. The Morgan fingerprint density at radius 1 is 1.07 bits per heavy atom. The van der Waals surface area contributed by atoms with Crippen LogP contribution in [0.25, 0.3) is 0 Å². The van der Waals surface area contributed by atoms with E-state index in [0.717, 1.165) is 25.7 Å². The minimum Gasteiger partial charge on any atom is -0.452 e. The first-order chi connectivity index (χ1) is 13.9. The van der Waals surface area contributed by atoms with Crippen LogP contribution < -0.4 is 0 Å². The number of hydrogen-bond donors (Lipinski definition) is 0. The Labute approximate surface area is 176 Å². The van der Waals surface area contributed by atoms with Gasteiger partial charge in [-0.25, -0.2) is 4.79 Å². The van der Waals surface area contributed by atoms with E-state index < -0.39 is 10.9 Å². The van der Waals surface area contributed by atoms with Gasteiger partial charge in [0.25, 0.3) is 11.6 Å². The van der Waals surface area contributed by atoms with E-state index in [4.69, 9.17) is 4.74 Å². The lowest BCUT2D eigenvalue weighted by atomic mass is 10.2. The van der Waals surface area contributed by atoms with Gasteiger partial charge in [-0.1, -0.05) is 30.3 Å². The predicted octanol–water partition coefficient (Wildman–Crippen LogP) is 2.86. The third-order valence-electron chi connectivity index (χ3n) is 4.68. The van der Waals surface area contributed by atoms with Gasteiger partial charge in [0, 0.05) is 38.8 Å². The lowest BCUT2D eigenvalue weighted by Gasteiger charge is -2.34. The normalized spacial score (nSPS) is 14.4. The fourth-order valence-electron chi connectivity index (χ4n) is 3.08. The first-order valence-corrected chi connectivity index (χ1v) is 9.88. The second-order valence-corrected chi connectivity index (χ2v) is 7.50. The number of piperazine rings is 1. The van der Waals surface area contributed by atoms with Gasteiger partial charge in [-0.3, -0.25) is 19.8 Å². The maximum absolute atomic E-state index is 12.3. The van der Waals surface area contributed by atoms with Crippen molar-refractivity contribution in [2.24, 2.45) is 0 Å². The summed E-state index contributed by atoms with van der Waals surface area (Å²) in [6.07, 6.45) is 0. The predicted molar refractivity (Wildman–Crippen MR) is 109 cm³/mol. The molecule has 1 aliphatic heterocycles. The van der Waals surface area contributed by atoms with Crippen molar-refractivity contribution in [3.8, 4) is 0 Å². The lowest BCUT2D eigenvalue weighted by molar-refractivity contribution is -0.385. The first-order valence-electron chi connectivity index (χ1n) is 9.09. The number of nitro benzene ring substituents is 1. The highest BCUT2D eigenvalue weighted by molar-refractivity contribution is 9.10. The molecule has 0 saturated carbocycles. The summed E-state index contributed by atoms with van der Waals surface area (Å²) in [5, 5.41) is 11.0. The number of ether oxygens (including phenoxy) is 1. The van der Waals surface area contributed by atoms with Gasteiger partial charge < -0.3 is 9.64 Å². The van der Waals surface area contributed by atoms with Crippen LogP contribution in [0, 0.1) is 10.1 Å². The van der Waals surface area contributed by atoms with Crippen molar-refractivity contribution in [3.05, 3.63) is 74.2 Å². The Kier molecular flexibility index (Phi) is 6.95. The molecular formula is C20H20BrN3O5. The topological polar surface area (TPSA) is 93.0 Å². The van der Waals surface area contributed by atoms with E-state index in [1.807, 2.05) is 18.2 Å². The minimum atomic E-state index is -0.767. The quantitative estimate of drug-likeness (QED) is 0.373. The number of halogens is 1. The largest absolute Gasteiger partial charge is 0.452 e. The number of rotatable bonds is 6. The highest BCUT2D eigenvalue weighted by Crippen LogP contribution is 2.25. The number of nitro groups is 1. The van der Waals surface area contributed by atoms with E-state index >= 15 is 0 Å². The number of nitrogens with zero attached hydrogens (tertiary/aromatic N) is 3. The van der Waals surface area contributed by atoms with Gasteiger partial charge in [-0.2, -0.15) is 0 Å². The van der Waals surface area contributed by atoms with Crippen LogP contribution in [0.3, 0.4) is 0 Å². The van der Waals surface area contributed by atoms with Crippen molar-refractivity contribution in [1.82, 2.24) is 9.80 Å². The van der Waals surface area contributed by atoms with Gasteiger partial charge in [0.15, 0.2) is 6.61 Å². The number of carbonyl (C=O) groups is 2. The van der Waals surface area contributed by atoms with E-state index in [0.29, 0.717) is 13.1 Å². The molecule has 0 aliphatic carbocycles. The smallest absolute Gasteiger partial charge is 0.338 e. The van der Waals surface area contributed by atoms with E-state index in [-0.39, 0.29) is 28.2 Å². The zero-order valence-corrected chi connectivity index (χ0v) is 17.2. The van der Waals surface area contributed by atoms with Crippen LogP contribution in [-0.2, 0) is 16.1 Å². The van der Waals surface area contributed by atoms with Crippen LogP contribution in [0.4, 0.5) is 5.69 Å². The molecule has 0 bridgehead atoms. The molecule has 2 aromatic carbocycles. The molecule has 0 radical (unpaired) electrons. The molecule has 0 spiro atoms. The van der Waals surface area contributed by atoms with Crippen molar-refractivity contribution < 1.29 is 19.2 Å². The summed E-state index contributed by atoms with van der Waals surface area (Å²) in [6, 6.07) is 14.1. The number of hydrogen-bond acceptors (Lipinski definition) is 6. The molecule has 1 heterocycles. The highest BCUT2D eigenvalue weighted by atomic mass is 79.9. The monoisotopic (exact) mass is 461 g/mol. The zero-order valence-electron chi connectivity index (χ0n) is 15.6.